The van der Waals surface area contributed by atoms with Gasteiger partial charge in [-0.15, -0.1) is 11.3 Å². The first-order valence-corrected chi connectivity index (χ1v) is 7.48. The Bertz CT molecular complexity index is 573. The Morgan fingerprint density at radius 1 is 1.39 bits per heavy atom. The quantitative estimate of drug-likeness (QED) is 0.791. The summed E-state index contributed by atoms with van der Waals surface area (Å²) in [6.07, 6.45) is 0.491. The first-order valence-electron chi connectivity index (χ1n) is 5.12. The van der Waals surface area contributed by atoms with Crippen LogP contribution in [0.5, 0.6) is 0 Å². The lowest BCUT2D eigenvalue weighted by molar-refractivity contribution is 0.614. The third kappa shape index (κ3) is 3.06. The van der Waals surface area contributed by atoms with Gasteiger partial charge in [0.25, 0.3) is 0 Å². The van der Waals surface area contributed by atoms with Gasteiger partial charge in [0.15, 0.2) is 0 Å². The molecule has 0 amide bonds. The molecule has 0 aliphatic carbocycles. The van der Waals surface area contributed by atoms with Crippen LogP contribution in [0, 0.1) is 5.82 Å². The molecule has 1 nitrogen and oxygen atoms in total. The highest BCUT2D eigenvalue weighted by atomic mass is 79.9. The van der Waals surface area contributed by atoms with Crippen molar-refractivity contribution in [3.63, 3.8) is 0 Å². The second-order valence-corrected chi connectivity index (χ2v) is 6.88. The van der Waals surface area contributed by atoms with E-state index in [0.717, 1.165) is 11.1 Å². The van der Waals surface area contributed by atoms with E-state index in [1.165, 1.54) is 17.4 Å². The van der Waals surface area contributed by atoms with E-state index in [1.54, 1.807) is 12.1 Å². The van der Waals surface area contributed by atoms with Crippen molar-refractivity contribution in [2.45, 2.75) is 12.5 Å². The molecule has 0 saturated carbocycles. The molecule has 2 aromatic rings. The Labute approximate surface area is 127 Å². The predicted octanol–water partition coefficient (Wildman–Crippen LogP) is 5.20. The second kappa shape index (κ2) is 5.88. The van der Waals surface area contributed by atoms with Gasteiger partial charge >= 0.3 is 0 Å². The van der Waals surface area contributed by atoms with Crippen molar-refractivity contribution in [2.75, 3.05) is 0 Å². The molecule has 0 saturated heterocycles. The number of halogens is 4. The monoisotopic (exact) mass is 367 g/mol. The van der Waals surface area contributed by atoms with Crippen LogP contribution in [0.15, 0.2) is 28.7 Å². The van der Waals surface area contributed by atoms with Gasteiger partial charge in [0.2, 0.25) is 0 Å². The Hall–Kier alpha value is -0.130. The van der Waals surface area contributed by atoms with Crippen molar-refractivity contribution in [2.24, 2.45) is 5.73 Å². The molecule has 0 fully saturated rings. The Morgan fingerprint density at radius 3 is 2.72 bits per heavy atom. The minimum atomic E-state index is -0.306. The van der Waals surface area contributed by atoms with Gasteiger partial charge in [-0.1, -0.05) is 35.3 Å². The van der Waals surface area contributed by atoms with Crippen LogP contribution in [0.2, 0.25) is 8.67 Å². The molecule has 6 heteroatoms. The third-order valence-electron chi connectivity index (χ3n) is 2.55. The molecule has 96 valence electrons. The highest BCUT2D eigenvalue weighted by Gasteiger charge is 2.16. The van der Waals surface area contributed by atoms with Gasteiger partial charge in [-0.25, -0.2) is 4.39 Å². The molecular weight excluding hydrogens is 360 g/mol. The fraction of sp³-hybridized carbons (Fsp3) is 0.167. The molecule has 18 heavy (non-hydrogen) atoms. The molecule has 0 bridgehead atoms. The zero-order valence-corrected chi connectivity index (χ0v) is 13.0. The zero-order valence-electron chi connectivity index (χ0n) is 9.09. The van der Waals surface area contributed by atoms with E-state index in [9.17, 15) is 4.39 Å². The number of hydrogen-bond donors (Lipinski definition) is 1. The van der Waals surface area contributed by atoms with Crippen LogP contribution in [0.3, 0.4) is 0 Å². The summed E-state index contributed by atoms with van der Waals surface area (Å²) in [5.41, 5.74) is 7.68. The van der Waals surface area contributed by atoms with Crippen molar-refractivity contribution in [1.82, 2.24) is 0 Å². The topological polar surface area (TPSA) is 26.0 Å². The molecular formula is C12H9BrCl2FNS. The van der Waals surface area contributed by atoms with Gasteiger partial charge in [0.1, 0.15) is 5.82 Å². The smallest absolute Gasteiger partial charge is 0.137 e. The van der Waals surface area contributed by atoms with Gasteiger partial charge < -0.3 is 5.73 Å². The fourth-order valence-electron chi connectivity index (χ4n) is 1.66. The number of thiophene rings is 1. The van der Waals surface area contributed by atoms with E-state index in [2.05, 4.69) is 15.9 Å². The van der Waals surface area contributed by atoms with Crippen LogP contribution >= 0.6 is 50.5 Å². The summed E-state index contributed by atoms with van der Waals surface area (Å²) in [7, 11) is 0. The van der Waals surface area contributed by atoms with Crippen molar-refractivity contribution in [3.05, 3.63) is 54.4 Å². The van der Waals surface area contributed by atoms with E-state index >= 15 is 0 Å². The molecule has 1 aromatic heterocycles. The fourth-order valence-corrected chi connectivity index (χ4v) is 3.68. The summed E-state index contributed by atoms with van der Waals surface area (Å²) in [6.45, 7) is 0. The SMILES string of the molecule is NC(Cc1cccc(F)c1Br)c1cc(Cl)sc1Cl. The maximum Gasteiger partial charge on any atom is 0.137 e. The Morgan fingerprint density at radius 2 is 2.11 bits per heavy atom. The zero-order chi connectivity index (χ0) is 13.3. The average molecular weight is 369 g/mol. The highest BCUT2D eigenvalue weighted by molar-refractivity contribution is 9.10. The summed E-state index contributed by atoms with van der Waals surface area (Å²) >= 11 is 16.4. The van der Waals surface area contributed by atoms with Crippen LogP contribution in [-0.2, 0) is 6.42 Å². The number of rotatable bonds is 3. The lowest BCUT2D eigenvalue weighted by atomic mass is 10.0. The third-order valence-corrected chi connectivity index (χ3v) is 4.96. The molecule has 2 rings (SSSR count). The minimum Gasteiger partial charge on any atom is -0.324 e. The summed E-state index contributed by atoms with van der Waals surface area (Å²) in [5.74, 6) is -0.297. The lowest BCUT2D eigenvalue weighted by Crippen LogP contribution is -2.13. The molecule has 1 atom stereocenters. The minimum absolute atomic E-state index is 0.297. The molecule has 1 unspecified atom stereocenters. The van der Waals surface area contributed by atoms with Crippen LogP contribution in [0.25, 0.3) is 0 Å². The molecule has 0 spiro atoms. The molecule has 1 heterocycles. The maximum atomic E-state index is 13.4. The van der Waals surface area contributed by atoms with Crippen molar-refractivity contribution < 1.29 is 4.39 Å². The summed E-state index contributed by atoms with van der Waals surface area (Å²) in [6, 6.07) is 6.33. The summed E-state index contributed by atoms with van der Waals surface area (Å²) in [5, 5.41) is 0. The maximum absolute atomic E-state index is 13.4. The van der Waals surface area contributed by atoms with Crippen LogP contribution in [0.4, 0.5) is 4.39 Å². The van der Waals surface area contributed by atoms with Crippen molar-refractivity contribution >= 4 is 50.5 Å². The van der Waals surface area contributed by atoms with Gasteiger partial charge in [0.05, 0.1) is 13.1 Å². The Balaban J connectivity index is 2.24. The van der Waals surface area contributed by atoms with Crippen molar-refractivity contribution in [1.29, 1.82) is 0 Å². The van der Waals surface area contributed by atoms with Gasteiger partial charge in [0, 0.05) is 11.6 Å². The normalized spacial score (nSPS) is 12.7. The van der Waals surface area contributed by atoms with Crippen LogP contribution in [-0.4, -0.2) is 0 Å². The molecule has 1 aromatic carbocycles. The van der Waals surface area contributed by atoms with E-state index in [4.69, 9.17) is 28.9 Å². The van der Waals surface area contributed by atoms with E-state index in [1.807, 2.05) is 6.07 Å². The van der Waals surface area contributed by atoms with Gasteiger partial charge in [-0.05, 0) is 40.0 Å². The highest BCUT2D eigenvalue weighted by Crippen LogP contribution is 2.36. The Kier molecular flexibility index (Phi) is 4.67. The van der Waals surface area contributed by atoms with Crippen LogP contribution < -0.4 is 5.73 Å². The first kappa shape index (κ1) is 14.3. The largest absolute Gasteiger partial charge is 0.324 e. The predicted molar refractivity (Wildman–Crippen MR) is 79.1 cm³/mol. The first-order chi connectivity index (χ1) is 8.49. The standard InChI is InChI=1S/C12H9BrCl2FNS/c13-11-6(2-1-3-8(11)16)4-9(17)7-5-10(14)18-12(7)15/h1-3,5,9H,4,17H2. The molecule has 2 N–H and O–H groups in total. The van der Waals surface area contributed by atoms with E-state index in [0.29, 0.717) is 19.6 Å². The van der Waals surface area contributed by atoms with Gasteiger partial charge in [-0.2, -0.15) is 0 Å². The molecule has 0 aliphatic rings. The molecule has 0 radical (unpaired) electrons. The van der Waals surface area contributed by atoms with Crippen LogP contribution in [0.1, 0.15) is 17.2 Å². The van der Waals surface area contributed by atoms with E-state index in [-0.39, 0.29) is 11.9 Å². The number of benzene rings is 1. The molecule has 0 aliphatic heterocycles. The second-order valence-electron chi connectivity index (χ2n) is 3.80. The summed E-state index contributed by atoms with van der Waals surface area (Å²) < 4.78 is 15.0. The van der Waals surface area contributed by atoms with Gasteiger partial charge in [-0.3, -0.25) is 0 Å². The van der Waals surface area contributed by atoms with E-state index < -0.39 is 0 Å². The van der Waals surface area contributed by atoms with Crippen molar-refractivity contribution in [3.8, 4) is 0 Å². The number of hydrogen-bond acceptors (Lipinski definition) is 2. The average Bonchev–Trinajstić information content (AvgIpc) is 2.64. The lowest BCUT2D eigenvalue weighted by Gasteiger charge is -2.12. The summed E-state index contributed by atoms with van der Waals surface area (Å²) in [4.78, 5) is 0. The number of nitrogens with two attached hydrogens (primary N) is 1.